The Morgan fingerprint density at radius 1 is 0.520 bits per heavy atom. The molecule has 3 rings (SSSR count). The first-order valence-electron chi connectivity index (χ1n) is 7.97. The van der Waals surface area contributed by atoms with Crippen LogP contribution in [-0.4, -0.2) is 0 Å². The van der Waals surface area contributed by atoms with Crippen molar-refractivity contribution >= 4 is 0 Å². The van der Waals surface area contributed by atoms with Gasteiger partial charge in [-0.1, -0.05) is 44.2 Å². The van der Waals surface area contributed by atoms with Gasteiger partial charge in [0.1, 0.15) is 11.6 Å². The molecule has 0 aliphatic carbocycles. The van der Waals surface area contributed by atoms with Gasteiger partial charge >= 0.3 is 0 Å². The van der Waals surface area contributed by atoms with Crippen LogP contribution in [0.3, 0.4) is 0 Å². The molecule has 0 unspecified atom stereocenters. The highest BCUT2D eigenvalue weighted by Crippen LogP contribution is 2.30. The van der Waals surface area contributed by atoms with Gasteiger partial charge < -0.3 is 0 Å². The molecule has 0 aromatic heterocycles. The van der Waals surface area contributed by atoms with Crippen LogP contribution < -0.4 is 0 Å². The molecular formula is C21H18F4. The van der Waals surface area contributed by atoms with Crippen LogP contribution in [0.25, 0.3) is 22.3 Å². The van der Waals surface area contributed by atoms with E-state index in [1.54, 1.807) is 31.2 Å². The summed E-state index contributed by atoms with van der Waals surface area (Å²) in [7, 11) is 0. The van der Waals surface area contributed by atoms with E-state index in [9.17, 15) is 17.6 Å². The van der Waals surface area contributed by atoms with E-state index >= 15 is 0 Å². The van der Waals surface area contributed by atoms with Gasteiger partial charge in [0.15, 0.2) is 11.6 Å². The van der Waals surface area contributed by atoms with Gasteiger partial charge in [0.2, 0.25) is 0 Å². The summed E-state index contributed by atoms with van der Waals surface area (Å²) >= 11 is 0. The fourth-order valence-electron chi connectivity index (χ4n) is 2.48. The Labute approximate surface area is 144 Å². The number of hydrogen-bond donors (Lipinski definition) is 0. The van der Waals surface area contributed by atoms with Crippen LogP contribution >= 0.6 is 0 Å². The number of benzene rings is 3. The standard InChI is InChI=1S/C19H12F4.C2H6/c1-11-8-17(22)19(18(23)9-11)13-4-2-12(3-5-13)14-6-7-15(20)16(21)10-14;1-2/h2-10H,1H3;1-2H3. The molecule has 0 spiro atoms. The van der Waals surface area contributed by atoms with Gasteiger partial charge in [0.05, 0.1) is 5.56 Å². The monoisotopic (exact) mass is 346 g/mol. The number of hydrogen-bond acceptors (Lipinski definition) is 0. The molecule has 0 fully saturated rings. The Hall–Kier alpha value is -2.62. The first-order valence-corrected chi connectivity index (χ1v) is 7.97. The van der Waals surface area contributed by atoms with Crippen LogP contribution in [0.1, 0.15) is 19.4 Å². The van der Waals surface area contributed by atoms with Crippen molar-refractivity contribution in [3.05, 3.63) is 83.4 Å². The van der Waals surface area contributed by atoms with Crippen molar-refractivity contribution in [2.45, 2.75) is 20.8 Å². The van der Waals surface area contributed by atoms with Gasteiger partial charge in [-0.2, -0.15) is 0 Å². The molecule has 0 radical (unpaired) electrons. The molecular weight excluding hydrogens is 328 g/mol. The second-order valence-electron chi connectivity index (χ2n) is 5.31. The SMILES string of the molecule is CC.Cc1cc(F)c(-c2ccc(-c3ccc(F)c(F)c3)cc2)c(F)c1. The fourth-order valence-corrected chi connectivity index (χ4v) is 2.48. The minimum absolute atomic E-state index is 0.104. The molecule has 25 heavy (non-hydrogen) atoms. The molecule has 0 nitrogen and oxygen atoms in total. The smallest absolute Gasteiger partial charge is 0.159 e. The molecule has 3 aromatic rings. The lowest BCUT2D eigenvalue weighted by atomic mass is 9.99. The maximum absolute atomic E-state index is 14.0. The topological polar surface area (TPSA) is 0 Å². The van der Waals surface area contributed by atoms with Crippen LogP contribution in [-0.2, 0) is 0 Å². The van der Waals surface area contributed by atoms with Crippen LogP contribution in [0.4, 0.5) is 17.6 Å². The fraction of sp³-hybridized carbons (Fsp3) is 0.143. The molecule has 0 N–H and O–H groups in total. The molecule has 0 heterocycles. The zero-order valence-corrected chi connectivity index (χ0v) is 14.2. The number of halogens is 4. The highest BCUT2D eigenvalue weighted by atomic mass is 19.2. The molecule has 0 bridgehead atoms. The first kappa shape index (κ1) is 18.7. The van der Waals surface area contributed by atoms with Crippen molar-refractivity contribution in [3.8, 4) is 22.3 Å². The lowest BCUT2D eigenvalue weighted by molar-refractivity contribution is 0.509. The van der Waals surface area contributed by atoms with E-state index in [1.807, 2.05) is 13.8 Å². The van der Waals surface area contributed by atoms with E-state index < -0.39 is 23.3 Å². The number of aryl methyl sites for hydroxylation is 1. The summed E-state index contributed by atoms with van der Waals surface area (Å²) in [5, 5.41) is 0. The summed E-state index contributed by atoms with van der Waals surface area (Å²) in [6, 6.07) is 12.4. The predicted octanol–water partition coefficient (Wildman–Crippen LogP) is 6.91. The molecule has 0 atom stereocenters. The molecule has 4 heteroatoms. The van der Waals surface area contributed by atoms with E-state index in [4.69, 9.17) is 0 Å². The predicted molar refractivity (Wildman–Crippen MR) is 93.2 cm³/mol. The van der Waals surface area contributed by atoms with Crippen LogP contribution in [0.5, 0.6) is 0 Å². The van der Waals surface area contributed by atoms with Crippen LogP contribution in [0.15, 0.2) is 54.6 Å². The summed E-state index contributed by atoms with van der Waals surface area (Å²) in [5.41, 5.74) is 1.89. The maximum Gasteiger partial charge on any atom is 0.159 e. The third-order valence-electron chi connectivity index (χ3n) is 3.61. The minimum Gasteiger partial charge on any atom is -0.206 e. The second-order valence-corrected chi connectivity index (χ2v) is 5.31. The molecule has 0 aliphatic rings. The van der Waals surface area contributed by atoms with E-state index in [0.717, 1.165) is 12.1 Å². The normalized spacial score (nSPS) is 10.2. The van der Waals surface area contributed by atoms with Crippen LogP contribution in [0, 0.1) is 30.2 Å². The summed E-state index contributed by atoms with van der Waals surface area (Å²) in [6.07, 6.45) is 0. The average Bonchev–Trinajstić information content (AvgIpc) is 2.59. The first-order chi connectivity index (χ1) is 12.0. The molecule has 0 saturated heterocycles. The summed E-state index contributed by atoms with van der Waals surface area (Å²) in [4.78, 5) is 0. The molecule has 3 aromatic carbocycles. The largest absolute Gasteiger partial charge is 0.206 e. The third-order valence-corrected chi connectivity index (χ3v) is 3.61. The van der Waals surface area contributed by atoms with E-state index in [-0.39, 0.29) is 5.56 Å². The Morgan fingerprint density at radius 3 is 1.52 bits per heavy atom. The van der Waals surface area contributed by atoms with Crippen molar-refractivity contribution in [2.75, 3.05) is 0 Å². The minimum atomic E-state index is -0.942. The Morgan fingerprint density at radius 2 is 1.00 bits per heavy atom. The lowest BCUT2D eigenvalue weighted by Crippen LogP contribution is -1.92. The lowest BCUT2D eigenvalue weighted by Gasteiger charge is -2.08. The molecule has 0 saturated carbocycles. The maximum atomic E-state index is 14.0. The van der Waals surface area contributed by atoms with Gasteiger partial charge in [-0.05, 0) is 53.4 Å². The summed E-state index contributed by atoms with van der Waals surface area (Å²) in [5.74, 6) is -3.14. The van der Waals surface area contributed by atoms with Crippen molar-refractivity contribution in [2.24, 2.45) is 0 Å². The van der Waals surface area contributed by atoms with Crippen LogP contribution in [0.2, 0.25) is 0 Å². The zero-order valence-electron chi connectivity index (χ0n) is 14.2. The highest BCUT2D eigenvalue weighted by Gasteiger charge is 2.12. The van der Waals surface area contributed by atoms with E-state index in [2.05, 4.69) is 0 Å². The van der Waals surface area contributed by atoms with Crippen molar-refractivity contribution in [3.63, 3.8) is 0 Å². The van der Waals surface area contributed by atoms with E-state index in [0.29, 0.717) is 22.3 Å². The van der Waals surface area contributed by atoms with Gasteiger partial charge in [-0.25, -0.2) is 17.6 Å². The Balaban J connectivity index is 0.00000109. The summed E-state index contributed by atoms with van der Waals surface area (Å²) < 4.78 is 54.2. The summed E-state index contributed by atoms with van der Waals surface area (Å²) in [6.45, 7) is 5.61. The van der Waals surface area contributed by atoms with Gasteiger partial charge in [0, 0.05) is 0 Å². The third kappa shape index (κ3) is 4.08. The van der Waals surface area contributed by atoms with Gasteiger partial charge in [-0.3, -0.25) is 0 Å². The van der Waals surface area contributed by atoms with Gasteiger partial charge in [0.25, 0.3) is 0 Å². The van der Waals surface area contributed by atoms with Crippen molar-refractivity contribution in [1.29, 1.82) is 0 Å². The van der Waals surface area contributed by atoms with Crippen molar-refractivity contribution in [1.82, 2.24) is 0 Å². The van der Waals surface area contributed by atoms with Gasteiger partial charge in [-0.15, -0.1) is 0 Å². The highest BCUT2D eigenvalue weighted by molar-refractivity contribution is 5.71. The zero-order chi connectivity index (χ0) is 18.6. The molecule has 0 amide bonds. The average molecular weight is 346 g/mol. The Kier molecular flexibility index (Phi) is 5.97. The molecule has 130 valence electrons. The number of rotatable bonds is 2. The molecule has 0 aliphatic heterocycles. The van der Waals surface area contributed by atoms with Crippen molar-refractivity contribution < 1.29 is 17.6 Å². The Bertz CT molecular complexity index is 845. The van der Waals surface area contributed by atoms with E-state index in [1.165, 1.54) is 18.2 Å². The quantitative estimate of drug-likeness (QED) is 0.442. The second kappa shape index (κ2) is 7.97.